The average molecular weight is 477 g/mol. The van der Waals surface area contributed by atoms with Crippen LogP contribution in [0.2, 0.25) is 0 Å². The van der Waals surface area contributed by atoms with Crippen LogP contribution in [0.4, 0.5) is 24.7 Å². The summed E-state index contributed by atoms with van der Waals surface area (Å²) >= 11 is 0. The van der Waals surface area contributed by atoms with Crippen molar-refractivity contribution in [3.05, 3.63) is 32.5 Å². The van der Waals surface area contributed by atoms with Crippen molar-refractivity contribution >= 4 is 23.4 Å². The van der Waals surface area contributed by atoms with E-state index in [0.717, 1.165) is 14.7 Å². The van der Waals surface area contributed by atoms with Gasteiger partial charge in [0.05, 0.1) is 6.04 Å². The van der Waals surface area contributed by atoms with E-state index in [1.54, 1.807) is 19.9 Å². The minimum atomic E-state index is -5.36. The Balaban J connectivity index is 2.77. The third kappa shape index (κ3) is 5.03. The number of hydroxylamine groups is 1. The van der Waals surface area contributed by atoms with E-state index in [4.69, 9.17) is 11.5 Å². The van der Waals surface area contributed by atoms with Gasteiger partial charge in [0, 0.05) is 27.2 Å². The fraction of sp³-hybridized carbons (Fsp3) is 0.556. The second kappa shape index (κ2) is 9.27. The van der Waals surface area contributed by atoms with Crippen molar-refractivity contribution in [2.45, 2.75) is 32.4 Å². The molecule has 2 unspecified atom stereocenters. The highest BCUT2D eigenvalue weighted by molar-refractivity contribution is 5.81. The Hall–Kier alpha value is -3.33. The van der Waals surface area contributed by atoms with Gasteiger partial charge in [-0.15, -0.1) is 5.06 Å². The number of allylic oxidation sites excluding steroid dienone is 1. The maximum Gasteiger partial charge on any atom is 0.493 e. The van der Waals surface area contributed by atoms with Crippen molar-refractivity contribution in [1.82, 2.24) is 14.0 Å². The zero-order valence-electron chi connectivity index (χ0n) is 18.7. The van der Waals surface area contributed by atoms with Crippen molar-refractivity contribution in [1.29, 1.82) is 0 Å². The van der Waals surface area contributed by atoms with Gasteiger partial charge in [0.2, 0.25) is 5.91 Å². The molecule has 0 saturated heterocycles. The summed E-state index contributed by atoms with van der Waals surface area (Å²) in [7, 11) is 3.80. The number of carbonyl (C=O) groups excluding carboxylic acids is 2. The quantitative estimate of drug-likeness (QED) is 0.458. The lowest BCUT2D eigenvalue weighted by Gasteiger charge is -2.37. The van der Waals surface area contributed by atoms with E-state index in [1.165, 1.54) is 30.9 Å². The highest BCUT2D eigenvalue weighted by atomic mass is 19.4. The van der Waals surface area contributed by atoms with Gasteiger partial charge in [-0.1, -0.05) is 11.6 Å². The summed E-state index contributed by atoms with van der Waals surface area (Å²) in [6, 6.07) is -1.23. The Morgan fingerprint density at radius 1 is 1.21 bits per heavy atom. The lowest BCUT2D eigenvalue weighted by Crippen LogP contribution is -2.59. The molecule has 2 heterocycles. The molecule has 0 bridgehead atoms. The molecule has 2 rings (SSSR count). The number of rotatable bonds is 7. The smallest absolute Gasteiger partial charge is 0.368 e. The largest absolute Gasteiger partial charge is 0.493 e. The molecule has 1 aromatic rings. The minimum absolute atomic E-state index is 0.0103. The van der Waals surface area contributed by atoms with Crippen molar-refractivity contribution in [3.63, 3.8) is 0 Å². The maximum absolute atomic E-state index is 13.0. The molecule has 1 aliphatic rings. The summed E-state index contributed by atoms with van der Waals surface area (Å²) in [5.41, 5.74) is 9.87. The van der Waals surface area contributed by atoms with E-state index < -0.39 is 41.6 Å². The number of nitrogens with zero attached hydrogens (tertiary/aromatic N) is 5. The van der Waals surface area contributed by atoms with Gasteiger partial charge in [-0.05, 0) is 20.9 Å². The Labute approximate surface area is 186 Å². The number of fused-ring (bicyclic) bond motifs is 1. The van der Waals surface area contributed by atoms with E-state index in [2.05, 4.69) is 4.84 Å². The summed E-state index contributed by atoms with van der Waals surface area (Å²) < 4.78 is 40.8. The summed E-state index contributed by atoms with van der Waals surface area (Å²) in [5, 5.41) is 0.514. The number of likely N-dealkylation sites (N-methyl/N-ethyl adjacent to an activating group) is 1. The van der Waals surface area contributed by atoms with Crippen LogP contribution in [0.25, 0.3) is 0 Å². The van der Waals surface area contributed by atoms with Crippen LogP contribution in [0.1, 0.15) is 13.8 Å². The van der Waals surface area contributed by atoms with Crippen LogP contribution in [0.3, 0.4) is 0 Å². The molecule has 0 spiro atoms. The van der Waals surface area contributed by atoms with E-state index in [9.17, 15) is 32.3 Å². The summed E-state index contributed by atoms with van der Waals surface area (Å²) in [6.45, 7) is 3.25. The molecule has 2 atom stereocenters. The fourth-order valence-electron chi connectivity index (χ4n) is 3.28. The maximum atomic E-state index is 13.0. The first-order valence-electron chi connectivity index (χ1n) is 9.63. The Bertz CT molecular complexity index is 1090. The molecule has 0 aromatic carbocycles. The summed E-state index contributed by atoms with van der Waals surface area (Å²) in [6.07, 6.45) is -5.05. The second-order valence-electron chi connectivity index (χ2n) is 7.81. The van der Waals surface area contributed by atoms with Crippen molar-refractivity contribution < 1.29 is 27.6 Å². The first-order valence-corrected chi connectivity index (χ1v) is 9.63. The molecule has 0 radical (unpaired) electrons. The van der Waals surface area contributed by atoms with Crippen molar-refractivity contribution in [2.24, 2.45) is 25.6 Å². The topological polar surface area (TPSA) is 149 Å². The molecule has 4 N–H and O–H groups in total. The molecule has 184 valence electrons. The number of carbonyl (C=O) groups is 2. The molecule has 1 amide bonds. The molecule has 15 heteroatoms. The van der Waals surface area contributed by atoms with Gasteiger partial charge in [0.25, 0.3) is 5.56 Å². The first kappa shape index (κ1) is 25.9. The van der Waals surface area contributed by atoms with Crippen LogP contribution in [-0.4, -0.2) is 64.6 Å². The van der Waals surface area contributed by atoms with E-state index in [1.807, 2.05) is 0 Å². The van der Waals surface area contributed by atoms with Gasteiger partial charge in [0.15, 0.2) is 17.8 Å². The van der Waals surface area contributed by atoms with E-state index in [-0.39, 0.29) is 24.6 Å². The summed E-state index contributed by atoms with van der Waals surface area (Å²) in [4.78, 5) is 56.0. The van der Waals surface area contributed by atoms with Crippen molar-refractivity contribution in [2.75, 3.05) is 30.1 Å². The number of halogens is 3. The van der Waals surface area contributed by atoms with Gasteiger partial charge >= 0.3 is 17.8 Å². The molecular weight excluding hydrogens is 451 g/mol. The average Bonchev–Trinajstić information content (AvgIpc) is 3.02. The number of primary amides is 1. The number of hydrogen-bond acceptors (Lipinski definition) is 9. The Morgan fingerprint density at radius 2 is 1.79 bits per heavy atom. The normalized spacial score (nSPS) is 16.6. The van der Waals surface area contributed by atoms with Crippen LogP contribution in [-0.2, 0) is 28.5 Å². The number of alkyl halides is 3. The monoisotopic (exact) mass is 477 g/mol. The third-order valence-electron chi connectivity index (χ3n) is 4.95. The molecule has 1 aliphatic heterocycles. The number of anilines is 2. The van der Waals surface area contributed by atoms with Crippen LogP contribution < -0.4 is 32.7 Å². The highest BCUT2D eigenvalue weighted by Crippen LogP contribution is 2.38. The zero-order chi connectivity index (χ0) is 25.4. The van der Waals surface area contributed by atoms with Gasteiger partial charge in [-0.2, -0.15) is 13.2 Å². The number of hydrogen-bond donors (Lipinski definition) is 2. The summed E-state index contributed by atoms with van der Waals surface area (Å²) in [5.74, 6) is -3.81. The van der Waals surface area contributed by atoms with Crippen LogP contribution >= 0.6 is 0 Å². The van der Waals surface area contributed by atoms with Crippen LogP contribution in [0, 0.1) is 0 Å². The SMILES string of the molecule is CC(C)=CCN1c2c(n(C)c(=O)n(C)c2=O)N(OC(=O)C(F)(F)F)C1N(C)CC(N)C(N)=O. The number of aromatic nitrogens is 2. The lowest BCUT2D eigenvalue weighted by molar-refractivity contribution is -0.203. The van der Waals surface area contributed by atoms with Crippen LogP contribution in [0.5, 0.6) is 0 Å². The van der Waals surface area contributed by atoms with Gasteiger partial charge in [-0.3, -0.25) is 23.6 Å². The van der Waals surface area contributed by atoms with Gasteiger partial charge in [0.1, 0.15) is 0 Å². The molecule has 0 saturated carbocycles. The van der Waals surface area contributed by atoms with Crippen LogP contribution in [0.15, 0.2) is 21.2 Å². The Kier molecular flexibility index (Phi) is 7.28. The van der Waals surface area contributed by atoms with Gasteiger partial charge in [-0.25, -0.2) is 9.59 Å². The molecule has 0 aliphatic carbocycles. The number of amides is 1. The first-order chi connectivity index (χ1) is 15.1. The highest BCUT2D eigenvalue weighted by Gasteiger charge is 2.50. The van der Waals surface area contributed by atoms with Crippen molar-refractivity contribution in [3.8, 4) is 0 Å². The fourth-order valence-corrected chi connectivity index (χ4v) is 3.28. The van der Waals surface area contributed by atoms with E-state index in [0.29, 0.717) is 5.06 Å². The predicted molar refractivity (Wildman–Crippen MR) is 112 cm³/mol. The molecule has 1 aromatic heterocycles. The zero-order valence-corrected chi connectivity index (χ0v) is 18.7. The molecule has 12 nitrogen and oxygen atoms in total. The lowest BCUT2D eigenvalue weighted by atomic mass is 10.2. The molecular formula is C18H26F3N7O5. The minimum Gasteiger partial charge on any atom is -0.368 e. The Morgan fingerprint density at radius 3 is 2.27 bits per heavy atom. The second-order valence-corrected chi connectivity index (χ2v) is 7.81. The van der Waals surface area contributed by atoms with E-state index >= 15 is 0 Å². The standard InChI is InChI=1S/C18H26F3N7O5/c1-9(2)6-7-27-11-13(25(4)17(32)26(5)14(11)30)28(33-15(31)18(19,20)21)16(27)24(3)8-10(22)12(23)29/h6,10,16H,7-8,22H2,1-5H3,(H2,23,29). The van der Waals surface area contributed by atoms with Gasteiger partial charge < -0.3 is 21.2 Å². The predicted octanol–water partition coefficient (Wildman–Crippen LogP) is -1.27. The number of nitrogens with two attached hydrogens (primary N) is 2. The molecule has 33 heavy (non-hydrogen) atoms. The molecule has 0 fully saturated rings. The third-order valence-corrected chi connectivity index (χ3v) is 4.95.